The molecular formula is C14H17N3O2S. The Morgan fingerprint density at radius 1 is 1.55 bits per heavy atom. The summed E-state index contributed by atoms with van der Waals surface area (Å²) in [6.07, 6.45) is 1.78. The van der Waals surface area contributed by atoms with Crippen molar-refractivity contribution >= 4 is 17.2 Å². The Morgan fingerprint density at radius 2 is 2.40 bits per heavy atom. The van der Waals surface area contributed by atoms with Crippen LogP contribution in [0.15, 0.2) is 17.6 Å². The fraction of sp³-hybridized carbons (Fsp3) is 0.429. The highest BCUT2D eigenvalue weighted by molar-refractivity contribution is 7.12. The summed E-state index contributed by atoms with van der Waals surface area (Å²) in [7, 11) is 0. The SMILES string of the molecule is Cc1cnc([C@H]2COCCN2C(=O)c2sccc2C)[nH]1. The van der Waals surface area contributed by atoms with Gasteiger partial charge in [-0.05, 0) is 30.9 Å². The molecule has 1 aliphatic heterocycles. The van der Waals surface area contributed by atoms with Crippen LogP contribution in [0.25, 0.3) is 0 Å². The number of amides is 1. The van der Waals surface area contributed by atoms with Crippen molar-refractivity contribution in [2.45, 2.75) is 19.9 Å². The van der Waals surface area contributed by atoms with E-state index in [0.717, 1.165) is 22.0 Å². The number of rotatable bonds is 2. The second-order valence-electron chi connectivity index (χ2n) is 4.97. The maximum absolute atomic E-state index is 12.7. The van der Waals surface area contributed by atoms with Gasteiger partial charge in [0.2, 0.25) is 0 Å². The Balaban J connectivity index is 1.89. The van der Waals surface area contributed by atoms with Crippen LogP contribution in [-0.2, 0) is 4.74 Å². The topological polar surface area (TPSA) is 58.2 Å². The molecule has 3 rings (SSSR count). The highest BCUT2D eigenvalue weighted by atomic mass is 32.1. The molecule has 0 bridgehead atoms. The van der Waals surface area contributed by atoms with Crippen molar-refractivity contribution in [3.8, 4) is 0 Å². The van der Waals surface area contributed by atoms with E-state index in [1.807, 2.05) is 30.2 Å². The number of ether oxygens (including phenoxy) is 1. The number of hydrogen-bond donors (Lipinski definition) is 1. The molecule has 1 amide bonds. The zero-order valence-electron chi connectivity index (χ0n) is 11.5. The molecule has 2 aromatic heterocycles. The molecule has 3 heterocycles. The molecule has 2 aromatic rings. The lowest BCUT2D eigenvalue weighted by molar-refractivity contribution is -0.00478. The molecule has 0 saturated carbocycles. The molecule has 1 N–H and O–H groups in total. The number of aryl methyl sites for hydroxylation is 2. The molecule has 1 saturated heterocycles. The van der Waals surface area contributed by atoms with Crippen molar-refractivity contribution in [2.24, 2.45) is 0 Å². The van der Waals surface area contributed by atoms with Crippen LogP contribution in [-0.4, -0.2) is 40.5 Å². The number of aromatic nitrogens is 2. The first-order valence-corrected chi connectivity index (χ1v) is 7.49. The molecule has 20 heavy (non-hydrogen) atoms. The summed E-state index contributed by atoms with van der Waals surface area (Å²) in [6.45, 7) is 5.59. The van der Waals surface area contributed by atoms with Gasteiger partial charge >= 0.3 is 0 Å². The minimum absolute atomic E-state index is 0.0693. The largest absolute Gasteiger partial charge is 0.377 e. The fourth-order valence-electron chi connectivity index (χ4n) is 2.40. The molecule has 1 fully saturated rings. The Bertz CT molecular complexity index is 619. The van der Waals surface area contributed by atoms with E-state index in [-0.39, 0.29) is 11.9 Å². The van der Waals surface area contributed by atoms with Crippen LogP contribution in [0, 0.1) is 13.8 Å². The quantitative estimate of drug-likeness (QED) is 0.923. The van der Waals surface area contributed by atoms with E-state index in [4.69, 9.17) is 4.74 Å². The summed E-state index contributed by atoms with van der Waals surface area (Å²) >= 11 is 1.49. The number of aromatic amines is 1. The maximum Gasteiger partial charge on any atom is 0.264 e. The summed E-state index contributed by atoms with van der Waals surface area (Å²) in [5.74, 6) is 0.865. The summed E-state index contributed by atoms with van der Waals surface area (Å²) in [5.41, 5.74) is 2.02. The number of hydrogen-bond acceptors (Lipinski definition) is 4. The van der Waals surface area contributed by atoms with Gasteiger partial charge in [0.05, 0.1) is 18.1 Å². The third-order valence-electron chi connectivity index (χ3n) is 3.48. The lowest BCUT2D eigenvalue weighted by atomic mass is 10.2. The normalized spacial score (nSPS) is 19.3. The molecule has 5 nitrogen and oxygen atoms in total. The van der Waals surface area contributed by atoms with Crippen molar-refractivity contribution in [3.05, 3.63) is 39.6 Å². The Morgan fingerprint density at radius 3 is 3.05 bits per heavy atom. The van der Waals surface area contributed by atoms with Crippen molar-refractivity contribution in [1.82, 2.24) is 14.9 Å². The minimum atomic E-state index is -0.133. The number of thiophene rings is 1. The minimum Gasteiger partial charge on any atom is -0.377 e. The highest BCUT2D eigenvalue weighted by Crippen LogP contribution is 2.26. The molecule has 106 valence electrons. The summed E-state index contributed by atoms with van der Waals surface area (Å²) in [6, 6.07) is 1.84. The van der Waals surface area contributed by atoms with Gasteiger partial charge in [0.25, 0.3) is 5.91 Å². The Kier molecular flexibility index (Phi) is 3.58. The van der Waals surface area contributed by atoms with Crippen LogP contribution in [0.5, 0.6) is 0 Å². The molecule has 0 aliphatic carbocycles. The lowest BCUT2D eigenvalue weighted by Gasteiger charge is -2.34. The molecule has 0 spiro atoms. The average molecular weight is 291 g/mol. The van der Waals surface area contributed by atoms with Gasteiger partial charge in [0.15, 0.2) is 0 Å². The number of nitrogens with one attached hydrogen (secondary N) is 1. The van der Waals surface area contributed by atoms with Crippen molar-refractivity contribution < 1.29 is 9.53 Å². The maximum atomic E-state index is 12.7. The average Bonchev–Trinajstić information content (AvgIpc) is 3.07. The zero-order chi connectivity index (χ0) is 14.1. The third kappa shape index (κ3) is 2.36. The number of carbonyl (C=O) groups excluding carboxylic acids is 1. The van der Waals surface area contributed by atoms with Gasteiger partial charge < -0.3 is 14.6 Å². The second kappa shape index (κ2) is 5.38. The summed E-state index contributed by atoms with van der Waals surface area (Å²) in [5, 5.41) is 1.95. The van der Waals surface area contributed by atoms with E-state index in [9.17, 15) is 4.79 Å². The first kappa shape index (κ1) is 13.3. The number of H-pyrrole nitrogens is 1. The fourth-order valence-corrected chi connectivity index (χ4v) is 3.28. The molecule has 6 heteroatoms. The molecular weight excluding hydrogens is 274 g/mol. The smallest absolute Gasteiger partial charge is 0.264 e. The van der Waals surface area contributed by atoms with Crippen molar-refractivity contribution in [2.75, 3.05) is 19.8 Å². The number of carbonyl (C=O) groups is 1. The van der Waals surface area contributed by atoms with Gasteiger partial charge in [0, 0.05) is 18.4 Å². The van der Waals surface area contributed by atoms with Gasteiger partial charge in [-0.25, -0.2) is 4.98 Å². The van der Waals surface area contributed by atoms with Crippen LogP contribution >= 0.6 is 11.3 Å². The van der Waals surface area contributed by atoms with Crippen LogP contribution in [0.3, 0.4) is 0 Å². The van der Waals surface area contributed by atoms with E-state index in [2.05, 4.69) is 9.97 Å². The van der Waals surface area contributed by atoms with E-state index in [1.165, 1.54) is 11.3 Å². The molecule has 0 aromatic carbocycles. The van der Waals surface area contributed by atoms with Crippen molar-refractivity contribution in [1.29, 1.82) is 0 Å². The summed E-state index contributed by atoms with van der Waals surface area (Å²) < 4.78 is 5.52. The third-order valence-corrected chi connectivity index (χ3v) is 4.49. The monoisotopic (exact) mass is 291 g/mol. The first-order chi connectivity index (χ1) is 9.66. The molecule has 1 atom stereocenters. The van der Waals surface area contributed by atoms with Crippen LogP contribution < -0.4 is 0 Å². The van der Waals surface area contributed by atoms with E-state index in [1.54, 1.807) is 6.20 Å². The van der Waals surface area contributed by atoms with Gasteiger partial charge in [-0.15, -0.1) is 11.3 Å². The number of morpholine rings is 1. The van der Waals surface area contributed by atoms with Crippen molar-refractivity contribution in [3.63, 3.8) is 0 Å². The molecule has 0 unspecified atom stereocenters. The zero-order valence-corrected chi connectivity index (χ0v) is 12.4. The van der Waals surface area contributed by atoms with Gasteiger partial charge in [-0.1, -0.05) is 0 Å². The highest BCUT2D eigenvalue weighted by Gasteiger charge is 2.32. The number of imidazole rings is 1. The second-order valence-corrected chi connectivity index (χ2v) is 5.89. The van der Waals surface area contributed by atoms with Crippen LogP contribution in [0.4, 0.5) is 0 Å². The van der Waals surface area contributed by atoms with E-state index < -0.39 is 0 Å². The first-order valence-electron chi connectivity index (χ1n) is 6.61. The van der Waals surface area contributed by atoms with Gasteiger partial charge in [-0.2, -0.15) is 0 Å². The van der Waals surface area contributed by atoms with E-state index in [0.29, 0.717) is 19.8 Å². The molecule has 1 aliphatic rings. The van der Waals surface area contributed by atoms with Crippen LogP contribution in [0.1, 0.15) is 32.8 Å². The van der Waals surface area contributed by atoms with Crippen LogP contribution in [0.2, 0.25) is 0 Å². The van der Waals surface area contributed by atoms with E-state index >= 15 is 0 Å². The van der Waals surface area contributed by atoms with Gasteiger partial charge in [-0.3, -0.25) is 4.79 Å². The van der Waals surface area contributed by atoms with Gasteiger partial charge in [0.1, 0.15) is 11.9 Å². The molecule has 0 radical (unpaired) electrons. The summed E-state index contributed by atoms with van der Waals surface area (Å²) in [4.78, 5) is 22.9. The Hall–Kier alpha value is -1.66. The number of nitrogens with zero attached hydrogens (tertiary/aromatic N) is 2. The lowest BCUT2D eigenvalue weighted by Crippen LogP contribution is -2.43. The Labute approximate surface area is 121 Å². The standard InChI is InChI=1S/C14H17N3O2S/c1-9-3-6-20-12(9)14(18)17-4-5-19-8-11(17)13-15-7-10(2)16-13/h3,6-7,11H,4-5,8H2,1-2H3,(H,15,16)/t11-/m1/s1. The predicted octanol–water partition coefficient (Wildman–Crippen LogP) is 2.30. The predicted molar refractivity (Wildman–Crippen MR) is 77.0 cm³/mol.